The van der Waals surface area contributed by atoms with Gasteiger partial charge < -0.3 is 27.2 Å². The van der Waals surface area contributed by atoms with Crippen molar-refractivity contribution in [1.29, 1.82) is 0 Å². The largest absolute Gasteiger partial charge is 0.507 e. The molecule has 2 heterocycles. The predicted octanol–water partition coefficient (Wildman–Crippen LogP) is 1.87. The van der Waals surface area contributed by atoms with Gasteiger partial charge in [0.05, 0.1) is 5.56 Å². The summed E-state index contributed by atoms with van der Waals surface area (Å²) in [5.74, 6) is -0.375. The summed E-state index contributed by atoms with van der Waals surface area (Å²) in [6.07, 6.45) is 2.18. The van der Waals surface area contributed by atoms with E-state index >= 15 is 0 Å². The molecule has 0 spiro atoms. The molecule has 1 aliphatic rings. The maximum atomic E-state index is 12.3. The first kappa shape index (κ1) is 22.3. The van der Waals surface area contributed by atoms with Crippen LogP contribution in [0.2, 0.25) is 0 Å². The normalized spacial score (nSPS) is 15.8. The quantitative estimate of drug-likeness (QED) is 0.373. The molecule has 9 nitrogen and oxygen atoms in total. The van der Waals surface area contributed by atoms with Crippen LogP contribution in [0.3, 0.4) is 0 Å². The molecule has 7 N–H and O–H groups in total. The number of hydrogen-bond donors (Lipinski definition) is 5. The maximum Gasteiger partial charge on any atom is 0.255 e. The Kier molecular flexibility index (Phi) is 6.60. The van der Waals surface area contributed by atoms with Crippen LogP contribution in [0.1, 0.15) is 39.1 Å². The van der Waals surface area contributed by atoms with Gasteiger partial charge in [-0.2, -0.15) is 5.10 Å². The van der Waals surface area contributed by atoms with E-state index in [0.717, 1.165) is 31.5 Å². The summed E-state index contributed by atoms with van der Waals surface area (Å²) in [7, 11) is 0. The van der Waals surface area contributed by atoms with E-state index in [1.165, 1.54) is 6.07 Å². The minimum absolute atomic E-state index is 0.0680. The molecule has 33 heavy (non-hydrogen) atoms. The Balaban J connectivity index is 1.49. The summed E-state index contributed by atoms with van der Waals surface area (Å²) in [6.45, 7) is 2.81. The SMILES string of the molecule is NC(=O)c1c(-c2ccc(CNC(=O)c3ccccc3O)cc2)nn(CC2CCCNC2)c1N. The van der Waals surface area contributed by atoms with E-state index in [1.54, 1.807) is 22.9 Å². The van der Waals surface area contributed by atoms with Crippen molar-refractivity contribution in [2.75, 3.05) is 18.8 Å². The maximum absolute atomic E-state index is 12.3. The first-order chi connectivity index (χ1) is 15.9. The molecule has 0 aliphatic carbocycles. The number of nitrogens with zero attached hydrogens (tertiary/aromatic N) is 2. The average molecular weight is 449 g/mol. The highest BCUT2D eigenvalue weighted by atomic mass is 16.3. The fourth-order valence-electron chi connectivity index (χ4n) is 4.11. The van der Waals surface area contributed by atoms with Crippen LogP contribution in [0.4, 0.5) is 5.82 Å². The van der Waals surface area contributed by atoms with Crippen LogP contribution >= 0.6 is 0 Å². The van der Waals surface area contributed by atoms with Crippen LogP contribution in [0, 0.1) is 5.92 Å². The van der Waals surface area contributed by atoms with Crippen LogP contribution < -0.4 is 22.1 Å². The summed E-state index contributed by atoms with van der Waals surface area (Å²) in [6, 6.07) is 13.7. The minimum Gasteiger partial charge on any atom is -0.507 e. The second-order valence-electron chi connectivity index (χ2n) is 8.26. The summed E-state index contributed by atoms with van der Waals surface area (Å²) < 4.78 is 1.67. The number of aromatic hydroxyl groups is 1. The number of aromatic nitrogens is 2. The van der Waals surface area contributed by atoms with E-state index in [0.29, 0.717) is 23.7 Å². The molecule has 3 aromatic rings. The van der Waals surface area contributed by atoms with Crippen molar-refractivity contribution < 1.29 is 14.7 Å². The molecule has 0 saturated carbocycles. The third-order valence-electron chi connectivity index (χ3n) is 5.90. The molecular formula is C24H28N6O3. The van der Waals surface area contributed by atoms with Crippen molar-refractivity contribution in [3.05, 3.63) is 65.2 Å². The first-order valence-corrected chi connectivity index (χ1v) is 11.0. The third kappa shape index (κ3) is 4.98. The van der Waals surface area contributed by atoms with Gasteiger partial charge in [-0.25, -0.2) is 4.68 Å². The Hall–Kier alpha value is -3.85. The fourth-order valence-corrected chi connectivity index (χ4v) is 4.11. The number of benzene rings is 2. The number of nitrogen functional groups attached to an aromatic ring is 1. The average Bonchev–Trinajstić information content (AvgIpc) is 3.15. The molecule has 1 saturated heterocycles. The number of hydrogen-bond acceptors (Lipinski definition) is 6. The molecule has 1 fully saturated rings. The summed E-state index contributed by atoms with van der Waals surface area (Å²) in [5, 5.41) is 20.6. The Bertz CT molecular complexity index is 1150. The summed E-state index contributed by atoms with van der Waals surface area (Å²) >= 11 is 0. The lowest BCUT2D eigenvalue weighted by Crippen LogP contribution is -2.32. The van der Waals surface area contributed by atoms with Crippen molar-refractivity contribution in [1.82, 2.24) is 20.4 Å². The number of anilines is 1. The summed E-state index contributed by atoms with van der Waals surface area (Å²) in [4.78, 5) is 24.4. The summed E-state index contributed by atoms with van der Waals surface area (Å²) in [5.41, 5.74) is 14.3. The molecule has 0 radical (unpaired) electrons. The van der Waals surface area contributed by atoms with E-state index in [9.17, 15) is 14.7 Å². The molecule has 172 valence electrons. The van der Waals surface area contributed by atoms with Gasteiger partial charge in [-0.15, -0.1) is 0 Å². The molecule has 1 aromatic heterocycles. The molecule has 1 atom stereocenters. The third-order valence-corrected chi connectivity index (χ3v) is 5.90. The molecule has 1 aliphatic heterocycles. The number of piperidine rings is 1. The highest BCUT2D eigenvalue weighted by Crippen LogP contribution is 2.28. The van der Waals surface area contributed by atoms with Crippen molar-refractivity contribution in [2.45, 2.75) is 25.9 Å². The van der Waals surface area contributed by atoms with Crippen LogP contribution in [0.25, 0.3) is 11.3 Å². The zero-order valence-corrected chi connectivity index (χ0v) is 18.3. The molecule has 9 heteroatoms. The van der Waals surface area contributed by atoms with Gasteiger partial charge in [-0.3, -0.25) is 9.59 Å². The van der Waals surface area contributed by atoms with Gasteiger partial charge in [0, 0.05) is 18.7 Å². The number of primary amides is 1. The van der Waals surface area contributed by atoms with E-state index < -0.39 is 5.91 Å². The molecule has 0 bridgehead atoms. The first-order valence-electron chi connectivity index (χ1n) is 11.0. The van der Waals surface area contributed by atoms with Crippen molar-refractivity contribution in [2.24, 2.45) is 11.7 Å². The van der Waals surface area contributed by atoms with Gasteiger partial charge in [0.15, 0.2) is 0 Å². The number of carbonyl (C=O) groups is 2. The van der Waals surface area contributed by atoms with Crippen molar-refractivity contribution in [3.63, 3.8) is 0 Å². The Labute approximate surface area is 191 Å². The van der Waals surface area contributed by atoms with Gasteiger partial charge in [0.25, 0.3) is 11.8 Å². The predicted molar refractivity (Wildman–Crippen MR) is 125 cm³/mol. The highest BCUT2D eigenvalue weighted by Gasteiger charge is 2.23. The van der Waals surface area contributed by atoms with E-state index in [2.05, 4.69) is 15.7 Å². The van der Waals surface area contributed by atoms with Gasteiger partial charge in [0.1, 0.15) is 22.8 Å². The molecular weight excluding hydrogens is 420 g/mol. The lowest BCUT2D eigenvalue weighted by Gasteiger charge is -2.22. The topological polar surface area (TPSA) is 148 Å². The zero-order valence-electron chi connectivity index (χ0n) is 18.3. The number of carbonyl (C=O) groups excluding carboxylic acids is 2. The Morgan fingerprint density at radius 1 is 1.18 bits per heavy atom. The number of amides is 2. The van der Waals surface area contributed by atoms with Crippen molar-refractivity contribution in [3.8, 4) is 17.0 Å². The molecule has 2 amide bonds. The van der Waals surface area contributed by atoms with E-state index in [1.807, 2.05) is 24.3 Å². The molecule has 1 unspecified atom stereocenters. The second-order valence-corrected chi connectivity index (χ2v) is 8.26. The lowest BCUT2D eigenvalue weighted by molar-refractivity contribution is 0.0947. The number of nitrogens with two attached hydrogens (primary N) is 2. The minimum atomic E-state index is -0.616. The lowest BCUT2D eigenvalue weighted by atomic mass is 10.00. The smallest absolute Gasteiger partial charge is 0.255 e. The second kappa shape index (κ2) is 9.74. The number of phenolic OH excluding ortho intramolecular Hbond substituents is 1. The number of phenols is 1. The van der Waals surface area contributed by atoms with Gasteiger partial charge in [0.2, 0.25) is 0 Å². The Morgan fingerprint density at radius 3 is 2.61 bits per heavy atom. The van der Waals surface area contributed by atoms with Crippen LogP contribution in [0.15, 0.2) is 48.5 Å². The fraction of sp³-hybridized carbons (Fsp3) is 0.292. The molecule has 2 aromatic carbocycles. The van der Waals surface area contributed by atoms with Crippen LogP contribution in [-0.2, 0) is 13.1 Å². The van der Waals surface area contributed by atoms with Gasteiger partial charge in [-0.1, -0.05) is 36.4 Å². The molecule has 4 rings (SSSR count). The standard InChI is InChI=1S/C24H28N6O3/c25-22-20(23(26)32)21(29-30(22)14-16-4-3-11-27-12-16)17-9-7-15(8-10-17)13-28-24(33)18-5-1-2-6-19(18)31/h1-2,5-10,16,27,31H,3-4,11-14,25H2,(H2,26,32)(H,28,33). The van der Waals surface area contributed by atoms with Crippen LogP contribution in [0.5, 0.6) is 5.75 Å². The number of rotatable bonds is 7. The van der Waals surface area contributed by atoms with Gasteiger partial charge in [-0.05, 0) is 49.5 Å². The number of nitrogens with one attached hydrogen (secondary N) is 2. The van der Waals surface area contributed by atoms with Crippen molar-refractivity contribution >= 4 is 17.6 Å². The number of para-hydroxylation sites is 1. The highest BCUT2D eigenvalue weighted by molar-refractivity contribution is 6.03. The van der Waals surface area contributed by atoms with Crippen LogP contribution in [-0.4, -0.2) is 39.8 Å². The monoisotopic (exact) mass is 448 g/mol. The van der Waals surface area contributed by atoms with Gasteiger partial charge >= 0.3 is 0 Å². The van der Waals surface area contributed by atoms with E-state index in [4.69, 9.17) is 11.5 Å². The Morgan fingerprint density at radius 2 is 1.94 bits per heavy atom. The zero-order chi connectivity index (χ0) is 23.4. The van der Waals surface area contributed by atoms with E-state index in [-0.39, 0.29) is 35.1 Å².